The zero-order valence-electron chi connectivity index (χ0n) is 22.8. The number of carbonyl (C=O) groups is 1. The van der Waals surface area contributed by atoms with Crippen LogP contribution in [0.25, 0.3) is 11.0 Å². The molecule has 1 aromatic heterocycles. The molecule has 1 amide bonds. The first-order valence-corrected chi connectivity index (χ1v) is 13.7. The van der Waals surface area contributed by atoms with Gasteiger partial charge in [0, 0.05) is 6.54 Å². The summed E-state index contributed by atoms with van der Waals surface area (Å²) in [7, 11) is 0. The Bertz CT molecular complexity index is 1330. The van der Waals surface area contributed by atoms with E-state index >= 15 is 0 Å². The number of unbranched alkanes of at least 4 members (excludes halogenated alkanes) is 4. The number of benzene rings is 2. The van der Waals surface area contributed by atoms with Crippen LogP contribution >= 0.6 is 0 Å². The number of nitrogens with zero attached hydrogens (tertiary/aromatic N) is 1. The Morgan fingerprint density at radius 2 is 1.65 bits per heavy atom. The highest BCUT2D eigenvalue weighted by Crippen LogP contribution is 2.41. The van der Waals surface area contributed by atoms with E-state index in [1.54, 1.807) is 4.90 Å². The number of rotatable bonds is 12. The molecule has 6 nitrogen and oxygen atoms in total. The molecule has 1 aliphatic heterocycles. The van der Waals surface area contributed by atoms with Crippen molar-refractivity contribution in [1.29, 1.82) is 0 Å². The normalized spacial score (nSPS) is 14.9. The number of carbonyl (C=O) groups excluding carboxylic acids is 1. The van der Waals surface area contributed by atoms with Crippen LogP contribution < -0.4 is 14.9 Å². The van der Waals surface area contributed by atoms with Crippen LogP contribution in [0, 0.1) is 13.8 Å². The van der Waals surface area contributed by atoms with Gasteiger partial charge in [-0.2, -0.15) is 0 Å². The molecule has 37 heavy (non-hydrogen) atoms. The molecule has 1 aliphatic rings. The molecule has 3 aromatic rings. The van der Waals surface area contributed by atoms with Gasteiger partial charge in [-0.15, -0.1) is 0 Å². The number of fused-ring (bicyclic) bond motifs is 2. The maximum Gasteiger partial charge on any atom is 0.290 e. The van der Waals surface area contributed by atoms with E-state index in [0.717, 1.165) is 55.2 Å². The third-order valence-electron chi connectivity index (χ3n) is 6.99. The Kier molecular flexibility index (Phi) is 8.57. The predicted molar refractivity (Wildman–Crippen MR) is 147 cm³/mol. The second-order valence-corrected chi connectivity index (χ2v) is 9.94. The largest absolute Gasteiger partial charge is 0.490 e. The molecule has 0 bridgehead atoms. The fraction of sp³-hybridized carbons (Fsp3) is 0.484. The highest BCUT2D eigenvalue weighted by Gasteiger charge is 2.42. The van der Waals surface area contributed by atoms with Gasteiger partial charge in [-0.05, 0) is 68.5 Å². The van der Waals surface area contributed by atoms with Gasteiger partial charge >= 0.3 is 0 Å². The molecule has 0 aliphatic carbocycles. The van der Waals surface area contributed by atoms with Crippen molar-refractivity contribution in [3.63, 3.8) is 0 Å². The summed E-state index contributed by atoms with van der Waals surface area (Å²) in [5.41, 5.74) is 3.43. The number of hydrogen-bond donors (Lipinski definition) is 0. The van der Waals surface area contributed by atoms with Crippen LogP contribution in [0.2, 0.25) is 0 Å². The van der Waals surface area contributed by atoms with E-state index in [2.05, 4.69) is 13.8 Å². The summed E-state index contributed by atoms with van der Waals surface area (Å²) in [6.45, 7) is 11.8. The SMILES string of the molecule is CCCCCOc1ccc(C2c3c(oc4c(C)cc(C)cc4c3=O)C(=O)N2CCCCC)cc1OCC. The Morgan fingerprint density at radius 3 is 2.38 bits per heavy atom. The second-order valence-electron chi connectivity index (χ2n) is 9.94. The highest BCUT2D eigenvalue weighted by molar-refractivity contribution is 5.99. The summed E-state index contributed by atoms with van der Waals surface area (Å²) in [4.78, 5) is 29.4. The smallest absolute Gasteiger partial charge is 0.290 e. The molecular formula is C31H39NO5. The van der Waals surface area contributed by atoms with Gasteiger partial charge in [0.2, 0.25) is 5.76 Å². The quantitative estimate of drug-likeness (QED) is 0.245. The molecule has 0 saturated heterocycles. The highest BCUT2D eigenvalue weighted by atomic mass is 16.5. The third-order valence-corrected chi connectivity index (χ3v) is 6.99. The molecule has 0 fully saturated rings. The molecule has 4 rings (SSSR count). The summed E-state index contributed by atoms with van der Waals surface area (Å²) < 4.78 is 18.2. The lowest BCUT2D eigenvalue weighted by Gasteiger charge is -2.26. The predicted octanol–water partition coefficient (Wildman–Crippen LogP) is 7.11. The molecule has 0 saturated carbocycles. The standard InChI is InChI=1S/C31H39NO5/c1-6-9-11-15-32-27(22-13-14-24(25(19-22)35-8-3)36-16-12-10-7-2)26-28(33)23-18-20(4)17-21(5)29(23)37-30(26)31(32)34/h13-14,17-19,27H,6-12,15-16H2,1-5H3. The first-order valence-electron chi connectivity index (χ1n) is 13.7. The lowest BCUT2D eigenvalue weighted by molar-refractivity contribution is 0.0724. The Balaban J connectivity index is 1.83. The third kappa shape index (κ3) is 5.39. The second kappa shape index (κ2) is 11.8. The van der Waals surface area contributed by atoms with E-state index in [-0.39, 0.29) is 17.1 Å². The minimum absolute atomic E-state index is 0.141. The first kappa shape index (κ1) is 26.8. The van der Waals surface area contributed by atoms with E-state index in [1.165, 1.54) is 0 Å². The van der Waals surface area contributed by atoms with Crippen LogP contribution in [0.1, 0.15) is 98.1 Å². The van der Waals surface area contributed by atoms with Crippen molar-refractivity contribution in [2.24, 2.45) is 0 Å². The Morgan fingerprint density at radius 1 is 0.892 bits per heavy atom. The van der Waals surface area contributed by atoms with Crippen LogP contribution in [-0.2, 0) is 0 Å². The molecular weight excluding hydrogens is 466 g/mol. The summed E-state index contributed by atoms with van der Waals surface area (Å²) in [5.74, 6) is 1.24. The van der Waals surface area contributed by atoms with E-state index in [0.29, 0.717) is 47.8 Å². The molecule has 0 spiro atoms. The van der Waals surface area contributed by atoms with Crippen molar-refractivity contribution >= 4 is 16.9 Å². The van der Waals surface area contributed by atoms with Gasteiger partial charge in [0.05, 0.1) is 30.2 Å². The average molecular weight is 506 g/mol. The fourth-order valence-electron chi connectivity index (χ4n) is 5.20. The maximum absolute atomic E-state index is 13.9. The molecule has 6 heteroatoms. The van der Waals surface area contributed by atoms with Gasteiger partial charge in [0.25, 0.3) is 5.91 Å². The first-order chi connectivity index (χ1) is 17.9. The fourth-order valence-corrected chi connectivity index (χ4v) is 5.20. The number of amides is 1. The monoisotopic (exact) mass is 505 g/mol. The van der Waals surface area contributed by atoms with Crippen LogP contribution in [0.4, 0.5) is 0 Å². The zero-order chi connectivity index (χ0) is 26.5. The lowest BCUT2D eigenvalue weighted by atomic mass is 9.97. The summed E-state index contributed by atoms with van der Waals surface area (Å²) >= 11 is 0. The van der Waals surface area contributed by atoms with E-state index in [9.17, 15) is 9.59 Å². The summed E-state index contributed by atoms with van der Waals surface area (Å²) in [5, 5.41) is 0.519. The summed E-state index contributed by atoms with van der Waals surface area (Å²) in [6, 6.07) is 9.06. The van der Waals surface area contributed by atoms with Gasteiger partial charge in [0.15, 0.2) is 16.9 Å². The van der Waals surface area contributed by atoms with Crippen molar-refractivity contribution in [3.8, 4) is 11.5 Å². The van der Waals surface area contributed by atoms with Gasteiger partial charge in [0.1, 0.15) is 5.58 Å². The van der Waals surface area contributed by atoms with Gasteiger partial charge in [-0.1, -0.05) is 51.7 Å². The molecule has 1 unspecified atom stereocenters. The minimum atomic E-state index is -0.533. The van der Waals surface area contributed by atoms with Crippen molar-refractivity contribution < 1.29 is 18.7 Å². The van der Waals surface area contributed by atoms with Gasteiger partial charge in [-0.25, -0.2) is 0 Å². The van der Waals surface area contributed by atoms with Crippen molar-refractivity contribution in [2.45, 2.75) is 79.2 Å². The number of aryl methyl sites for hydroxylation is 2. The summed E-state index contributed by atoms with van der Waals surface area (Å²) in [6.07, 6.45) is 6.11. The molecule has 2 aromatic carbocycles. The van der Waals surface area contributed by atoms with Crippen LogP contribution in [0.3, 0.4) is 0 Å². The zero-order valence-corrected chi connectivity index (χ0v) is 22.8. The van der Waals surface area contributed by atoms with Crippen molar-refractivity contribution in [1.82, 2.24) is 4.90 Å². The molecule has 0 radical (unpaired) electrons. The van der Waals surface area contributed by atoms with Crippen LogP contribution in [-0.4, -0.2) is 30.6 Å². The molecule has 0 N–H and O–H groups in total. The molecule has 1 atom stereocenters. The van der Waals surface area contributed by atoms with Crippen molar-refractivity contribution in [3.05, 3.63) is 68.6 Å². The Labute approximate surface area is 219 Å². The van der Waals surface area contributed by atoms with Gasteiger partial charge in [-0.3, -0.25) is 9.59 Å². The number of ether oxygens (including phenoxy) is 2. The average Bonchev–Trinajstić information content (AvgIpc) is 3.15. The minimum Gasteiger partial charge on any atom is -0.490 e. The van der Waals surface area contributed by atoms with E-state index in [4.69, 9.17) is 13.9 Å². The molecule has 198 valence electrons. The van der Waals surface area contributed by atoms with Gasteiger partial charge < -0.3 is 18.8 Å². The van der Waals surface area contributed by atoms with Crippen LogP contribution in [0.15, 0.2) is 39.5 Å². The topological polar surface area (TPSA) is 69.0 Å². The van der Waals surface area contributed by atoms with Crippen LogP contribution in [0.5, 0.6) is 11.5 Å². The van der Waals surface area contributed by atoms with E-state index in [1.807, 2.05) is 51.1 Å². The lowest BCUT2D eigenvalue weighted by Crippen LogP contribution is -2.30. The Hall–Kier alpha value is -3.28. The maximum atomic E-state index is 13.9. The molecule has 2 heterocycles. The van der Waals surface area contributed by atoms with Crippen molar-refractivity contribution in [2.75, 3.05) is 19.8 Å². The number of hydrogen-bond acceptors (Lipinski definition) is 5. The van der Waals surface area contributed by atoms with E-state index < -0.39 is 6.04 Å².